The predicted molar refractivity (Wildman–Crippen MR) is 109 cm³/mol. The summed E-state index contributed by atoms with van der Waals surface area (Å²) in [4.78, 5) is 31.4. The van der Waals surface area contributed by atoms with Crippen molar-refractivity contribution < 1.29 is 14.7 Å². The molecule has 3 rings (SSSR count). The highest BCUT2D eigenvalue weighted by atomic mass is 35.5. The fourth-order valence-electron chi connectivity index (χ4n) is 3.58. The van der Waals surface area contributed by atoms with Crippen molar-refractivity contribution in [2.24, 2.45) is 0 Å². The van der Waals surface area contributed by atoms with E-state index in [1.54, 1.807) is 23.8 Å². The quantitative estimate of drug-likeness (QED) is 0.713. The summed E-state index contributed by atoms with van der Waals surface area (Å²) >= 11 is 6.01. The van der Waals surface area contributed by atoms with Crippen LogP contribution in [0.25, 0.3) is 10.9 Å². The molecule has 28 heavy (non-hydrogen) atoms. The SMILES string of the molecule is CCC(O)C(=O)N1CCC[C@@H](N(C)C(=O)NCc2cc3cc(Cl)ccc3[nH]2)C1. The van der Waals surface area contributed by atoms with E-state index in [2.05, 4.69) is 10.3 Å². The summed E-state index contributed by atoms with van der Waals surface area (Å²) in [5.74, 6) is -0.252. The maximum atomic E-state index is 12.6. The monoisotopic (exact) mass is 406 g/mol. The van der Waals surface area contributed by atoms with Gasteiger partial charge in [0.15, 0.2) is 0 Å². The van der Waals surface area contributed by atoms with Gasteiger partial charge in [-0.3, -0.25) is 4.79 Å². The van der Waals surface area contributed by atoms with E-state index in [-0.39, 0.29) is 18.0 Å². The average molecular weight is 407 g/mol. The van der Waals surface area contributed by atoms with E-state index in [1.165, 1.54) is 0 Å². The van der Waals surface area contributed by atoms with Crippen LogP contribution >= 0.6 is 11.6 Å². The number of aromatic amines is 1. The number of amides is 3. The van der Waals surface area contributed by atoms with Crippen LogP contribution in [-0.4, -0.2) is 64.1 Å². The Morgan fingerprint density at radius 1 is 1.43 bits per heavy atom. The van der Waals surface area contributed by atoms with Crippen molar-refractivity contribution in [3.05, 3.63) is 35.0 Å². The maximum Gasteiger partial charge on any atom is 0.317 e. The molecule has 2 heterocycles. The summed E-state index contributed by atoms with van der Waals surface area (Å²) in [5, 5.41) is 14.4. The Labute approximate surface area is 169 Å². The second-order valence-electron chi connectivity index (χ2n) is 7.30. The summed E-state index contributed by atoms with van der Waals surface area (Å²) in [5.41, 5.74) is 1.86. The van der Waals surface area contributed by atoms with Gasteiger partial charge in [-0.15, -0.1) is 0 Å². The number of aromatic nitrogens is 1. The predicted octanol–water partition coefficient (Wildman–Crippen LogP) is 2.72. The van der Waals surface area contributed by atoms with Gasteiger partial charge >= 0.3 is 6.03 Å². The van der Waals surface area contributed by atoms with Crippen molar-refractivity contribution >= 4 is 34.4 Å². The molecule has 1 saturated heterocycles. The van der Waals surface area contributed by atoms with Crippen LogP contribution in [0.4, 0.5) is 4.79 Å². The minimum Gasteiger partial charge on any atom is -0.383 e. The third kappa shape index (κ3) is 4.59. The highest BCUT2D eigenvalue weighted by Gasteiger charge is 2.30. The Morgan fingerprint density at radius 2 is 2.21 bits per heavy atom. The van der Waals surface area contributed by atoms with E-state index < -0.39 is 6.10 Å². The van der Waals surface area contributed by atoms with Gasteiger partial charge in [0.2, 0.25) is 0 Å². The number of aliphatic hydroxyl groups excluding tert-OH is 1. The number of aliphatic hydroxyl groups is 1. The molecule has 0 spiro atoms. The number of fused-ring (bicyclic) bond motifs is 1. The van der Waals surface area contributed by atoms with E-state index in [4.69, 9.17) is 11.6 Å². The molecule has 0 bridgehead atoms. The minimum atomic E-state index is -0.964. The van der Waals surface area contributed by atoms with E-state index in [9.17, 15) is 14.7 Å². The van der Waals surface area contributed by atoms with Gasteiger partial charge in [0.1, 0.15) is 6.10 Å². The highest BCUT2D eigenvalue weighted by Crippen LogP contribution is 2.20. The Balaban J connectivity index is 1.56. The summed E-state index contributed by atoms with van der Waals surface area (Å²) in [6, 6.07) is 7.32. The fourth-order valence-corrected chi connectivity index (χ4v) is 3.76. The van der Waals surface area contributed by atoms with Crippen molar-refractivity contribution in [1.82, 2.24) is 20.1 Å². The molecule has 2 aromatic rings. The molecule has 1 unspecified atom stereocenters. The number of hydrogen-bond acceptors (Lipinski definition) is 3. The molecule has 0 aliphatic carbocycles. The molecule has 1 fully saturated rings. The number of carbonyl (C=O) groups is 2. The van der Waals surface area contributed by atoms with Crippen LogP contribution < -0.4 is 5.32 Å². The third-order valence-corrected chi connectivity index (χ3v) is 5.55. The molecule has 1 aromatic heterocycles. The number of likely N-dealkylation sites (N-methyl/N-ethyl adjacent to an activating group) is 1. The third-order valence-electron chi connectivity index (χ3n) is 5.32. The van der Waals surface area contributed by atoms with Gasteiger partial charge in [-0.2, -0.15) is 0 Å². The Kier molecular flexibility index (Phi) is 6.46. The van der Waals surface area contributed by atoms with Gasteiger partial charge in [-0.25, -0.2) is 4.79 Å². The maximum absolute atomic E-state index is 12.6. The summed E-state index contributed by atoms with van der Waals surface area (Å²) in [6.07, 6.45) is 1.08. The molecular formula is C20H27ClN4O3. The Morgan fingerprint density at radius 3 is 2.96 bits per heavy atom. The topological polar surface area (TPSA) is 88.7 Å². The summed E-state index contributed by atoms with van der Waals surface area (Å²) in [6.45, 7) is 3.23. The van der Waals surface area contributed by atoms with Crippen molar-refractivity contribution in [1.29, 1.82) is 0 Å². The zero-order chi connectivity index (χ0) is 20.3. The molecule has 1 aromatic carbocycles. The number of piperidine rings is 1. The number of likely N-dealkylation sites (tertiary alicyclic amines) is 1. The molecule has 3 amide bonds. The van der Waals surface area contributed by atoms with Crippen molar-refractivity contribution in [2.75, 3.05) is 20.1 Å². The zero-order valence-electron chi connectivity index (χ0n) is 16.2. The number of urea groups is 1. The first-order valence-electron chi connectivity index (χ1n) is 9.63. The lowest BCUT2D eigenvalue weighted by atomic mass is 10.0. The first kappa shape index (κ1) is 20.5. The van der Waals surface area contributed by atoms with E-state index in [0.717, 1.165) is 29.4 Å². The van der Waals surface area contributed by atoms with Gasteiger partial charge in [0.25, 0.3) is 5.91 Å². The molecule has 152 valence electrons. The Hall–Kier alpha value is -2.25. The van der Waals surface area contributed by atoms with E-state index in [1.807, 2.05) is 24.3 Å². The van der Waals surface area contributed by atoms with Gasteiger partial charge in [0, 0.05) is 41.8 Å². The van der Waals surface area contributed by atoms with Crippen molar-refractivity contribution in [2.45, 2.75) is 44.9 Å². The number of benzene rings is 1. The normalized spacial score (nSPS) is 18.1. The number of nitrogens with one attached hydrogen (secondary N) is 2. The fraction of sp³-hybridized carbons (Fsp3) is 0.500. The molecule has 1 aliphatic rings. The standard InChI is InChI=1S/C20H27ClN4O3/c1-3-18(26)19(27)25-8-4-5-16(12-25)24(2)20(28)22-11-15-10-13-9-14(21)6-7-17(13)23-15/h6-7,9-10,16,18,23,26H,3-5,8,11-12H2,1-2H3,(H,22,28)/t16-,18?/m1/s1. The van der Waals surface area contributed by atoms with Crippen molar-refractivity contribution in [3.63, 3.8) is 0 Å². The lowest BCUT2D eigenvalue weighted by molar-refractivity contribution is -0.142. The molecule has 8 heteroatoms. The number of rotatable bonds is 5. The second-order valence-corrected chi connectivity index (χ2v) is 7.74. The molecule has 7 nitrogen and oxygen atoms in total. The van der Waals surface area contributed by atoms with Gasteiger partial charge in [0.05, 0.1) is 12.6 Å². The molecule has 2 atom stereocenters. The van der Waals surface area contributed by atoms with Crippen LogP contribution in [0.2, 0.25) is 5.02 Å². The van der Waals surface area contributed by atoms with Crippen LogP contribution in [0.3, 0.4) is 0 Å². The van der Waals surface area contributed by atoms with Crippen LogP contribution in [0.5, 0.6) is 0 Å². The average Bonchev–Trinajstić information content (AvgIpc) is 3.12. The smallest absolute Gasteiger partial charge is 0.317 e. The van der Waals surface area contributed by atoms with E-state index >= 15 is 0 Å². The number of carbonyl (C=O) groups excluding carboxylic acids is 2. The molecule has 0 radical (unpaired) electrons. The zero-order valence-corrected chi connectivity index (χ0v) is 17.0. The van der Waals surface area contributed by atoms with Crippen LogP contribution in [0, 0.1) is 0 Å². The van der Waals surface area contributed by atoms with Crippen LogP contribution in [0.15, 0.2) is 24.3 Å². The number of H-pyrrole nitrogens is 1. The molecule has 1 aliphatic heterocycles. The van der Waals surface area contributed by atoms with Crippen molar-refractivity contribution in [3.8, 4) is 0 Å². The van der Waals surface area contributed by atoms with E-state index in [0.29, 0.717) is 31.1 Å². The number of halogens is 1. The van der Waals surface area contributed by atoms with Gasteiger partial charge in [-0.1, -0.05) is 18.5 Å². The number of nitrogens with zero attached hydrogens (tertiary/aromatic N) is 2. The van der Waals surface area contributed by atoms with Gasteiger partial charge in [-0.05, 0) is 43.5 Å². The molecule has 0 saturated carbocycles. The minimum absolute atomic E-state index is 0.0664. The number of hydrogen-bond donors (Lipinski definition) is 3. The first-order valence-corrected chi connectivity index (χ1v) is 10.0. The highest BCUT2D eigenvalue weighted by molar-refractivity contribution is 6.31. The second kappa shape index (κ2) is 8.84. The summed E-state index contributed by atoms with van der Waals surface area (Å²) < 4.78 is 0. The first-order chi connectivity index (χ1) is 13.4. The lowest BCUT2D eigenvalue weighted by Gasteiger charge is -2.38. The van der Waals surface area contributed by atoms with Crippen LogP contribution in [0.1, 0.15) is 31.9 Å². The Bertz CT molecular complexity index is 853. The lowest BCUT2D eigenvalue weighted by Crippen LogP contribution is -2.54. The largest absolute Gasteiger partial charge is 0.383 e. The molecule has 3 N–H and O–H groups in total. The molecular weight excluding hydrogens is 380 g/mol. The summed E-state index contributed by atoms with van der Waals surface area (Å²) in [7, 11) is 1.75. The van der Waals surface area contributed by atoms with Gasteiger partial charge < -0.3 is 25.2 Å². The van der Waals surface area contributed by atoms with Crippen LogP contribution in [-0.2, 0) is 11.3 Å².